The molecule has 0 aliphatic rings. The van der Waals surface area contributed by atoms with Crippen molar-refractivity contribution in [1.29, 1.82) is 0 Å². The molecule has 0 radical (unpaired) electrons. The topological polar surface area (TPSA) is 9.23 Å². The number of ether oxygens (including phenoxy) is 1. The van der Waals surface area contributed by atoms with E-state index in [1.165, 1.54) is 0 Å². The molecule has 1 aromatic rings. The van der Waals surface area contributed by atoms with Crippen molar-refractivity contribution in [3.8, 4) is 5.75 Å². The molecule has 0 saturated carbocycles. The molecule has 0 amide bonds. The van der Waals surface area contributed by atoms with E-state index in [1.54, 1.807) is 0 Å². The first-order valence-corrected chi connectivity index (χ1v) is 6.08. The first kappa shape index (κ1) is 10.8. The zero-order valence-electron chi connectivity index (χ0n) is 7.48. The number of thiol groups is 1. The normalized spacial score (nSPS) is 9.92. The minimum Gasteiger partial charge on any atom is -0.493 e. The summed E-state index contributed by atoms with van der Waals surface area (Å²) in [5.74, 6) is 4.03. The van der Waals surface area contributed by atoms with Crippen LogP contribution in [0.15, 0.2) is 30.3 Å². The molecule has 0 bridgehead atoms. The second-order valence-corrected chi connectivity index (χ2v) is 4.17. The molecule has 72 valence electrons. The van der Waals surface area contributed by atoms with E-state index in [1.807, 2.05) is 42.1 Å². The minimum atomic E-state index is 0.780. The zero-order valence-corrected chi connectivity index (χ0v) is 9.19. The van der Waals surface area contributed by atoms with E-state index in [0.717, 1.165) is 29.6 Å². The standard InChI is InChI=1S/C10H14OS2/c12-7-9-13-8-6-11-10-4-2-1-3-5-10/h1-5,12H,6-9H2. The maximum absolute atomic E-state index is 5.51. The summed E-state index contributed by atoms with van der Waals surface area (Å²) in [6.45, 7) is 0.780. The van der Waals surface area contributed by atoms with Gasteiger partial charge in [0.2, 0.25) is 0 Å². The highest BCUT2D eigenvalue weighted by Crippen LogP contribution is 2.09. The monoisotopic (exact) mass is 214 g/mol. The number of hydrogen-bond acceptors (Lipinski definition) is 3. The third kappa shape index (κ3) is 5.11. The molecular formula is C10H14OS2. The highest BCUT2D eigenvalue weighted by Gasteiger charge is 1.91. The fourth-order valence-corrected chi connectivity index (χ4v) is 1.82. The Bertz CT molecular complexity index is 213. The number of thioether (sulfide) groups is 1. The van der Waals surface area contributed by atoms with Crippen molar-refractivity contribution in [3.63, 3.8) is 0 Å². The van der Waals surface area contributed by atoms with Gasteiger partial charge in [0.1, 0.15) is 5.75 Å². The number of hydrogen-bond donors (Lipinski definition) is 1. The Kier molecular flexibility index (Phi) is 5.94. The van der Waals surface area contributed by atoms with Gasteiger partial charge in [-0.2, -0.15) is 24.4 Å². The molecule has 3 heteroatoms. The largest absolute Gasteiger partial charge is 0.493 e. The summed E-state index contributed by atoms with van der Waals surface area (Å²) >= 11 is 6.00. The molecule has 0 fully saturated rings. The summed E-state index contributed by atoms with van der Waals surface area (Å²) in [6.07, 6.45) is 0. The predicted molar refractivity (Wildman–Crippen MR) is 63.1 cm³/mol. The molecule has 0 saturated heterocycles. The molecule has 0 aliphatic heterocycles. The van der Waals surface area contributed by atoms with Gasteiger partial charge >= 0.3 is 0 Å². The van der Waals surface area contributed by atoms with Crippen molar-refractivity contribution in [2.24, 2.45) is 0 Å². The highest BCUT2D eigenvalue weighted by molar-refractivity contribution is 8.00. The van der Waals surface area contributed by atoms with Crippen molar-refractivity contribution in [2.75, 3.05) is 23.9 Å². The van der Waals surface area contributed by atoms with Gasteiger partial charge in [0.05, 0.1) is 6.61 Å². The average molecular weight is 214 g/mol. The lowest BCUT2D eigenvalue weighted by Gasteiger charge is -2.04. The summed E-state index contributed by atoms with van der Waals surface area (Å²) in [4.78, 5) is 0. The van der Waals surface area contributed by atoms with Crippen LogP contribution in [0.3, 0.4) is 0 Å². The summed E-state index contributed by atoms with van der Waals surface area (Å²) < 4.78 is 5.51. The number of benzene rings is 1. The third-order valence-electron chi connectivity index (χ3n) is 1.48. The number of rotatable bonds is 6. The second-order valence-electron chi connectivity index (χ2n) is 2.50. The van der Waals surface area contributed by atoms with Gasteiger partial charge in [-0.05, 0) is 17.9 Å². The van der Waals surface area contributed by atoms with E-state index in [4.69, 9.17) is 4.74 Å². The predicted octanol–water partition coefficient (Wildman–Crippen LogP) is 2.73. The molecule has 0 heterocycles. The summed E-state index contributed by atoms with van der Waals surface area (Å²) in [5.41, 5.74) is 0. The lowest BCUT2D eigenvalue weighted by Crippen LogP contribution is -2.00. The molecule has 1 aromatic carbocycles. The maximum Gasteiger partial charge on any atom is 0.119 e. The van der Waals surface area contributed by atoms with Gasteiger partial charge < -0.3 is 4.74 Å². The van der Waals surface area contributed by atoms with Gasteiger partial charge in [-0.3, -0.25) is 0 Å². The minimum absolute atomic E-state index is 0.780. The fraction of sp³-hybridized carbons (Fsp3) is 0.400. The zero-order chi connectivity index (χ0) is 9.36. The summed E-state index contributed by atoms with van der Waals surface area (Å²) in [6, 6.07) is 9.90. The second kappa shape index (κ2) is 7.15. The highest BCUT2D eigenvalue weighted by atomic mass is 32.2. The summed E-state index contributed by atoms with van der Waals surface area (Å²) in [7, 11) is 0. The van der Waals surface area contributed by atoms with Crippen molar-refractivity contribution >= 4 is 24.4 Å². The lowest BCUT2D eigenvalue weighted by atomic mass is 10.3. The molecule has 0 aliphatic carbocycles. The Labute approximate surface area is 89.3 Å². The molecule has 1 rings (SSSR count). The van der Waals surface area contributed by atoms with Crippen LogP contribution in [-0.4, -0.2) is 23.9 Å². The lowest BCUT2D eigenvalue weighted by molar-refractivity contribution is 0.344. The van der Waals surface area contributed by atoms with Crippen molar-refractivity contribution in [1.82, 2.24) is 0 Å². The van der Waals surface area contributed by atoms with Crippen LogP contribution < -0.4 is 4.74 Å². The molecule has 0 N–H and O–H groups in total. The molecule has 0 atom stereocenters. The van der Waals surface area contributed by atoms with Crippen LogP contribution in [0, 0.1) is 0 Å². The quantitative estimate of drug-likeness (QED) is 0.576. The van der Waals surface area contributed by atoms with Crippen molar-refractivity contribution in [2.45, 2.75) is 0 Å². The van der Waals surface area contributed by atoms with Crippen LogP contribution in [0.2, 0.25) is 0 Å². The Morgan fingerprint density at radius 2 is 1.92 bits per heavy atom. The SMILES string of the molecule is SCCSCCOc1ccccc1. The average Bonchev–Trinajstić information content (AvgIpc) is 2.19. The molecule has 13 heavy (non-hydrogen) atoms. The first-order valence-electron chi connectivity index (χ1n) is 4.30. The Morgan fingerprint density at radius 1 is 1.15 bits per heavy atom. The molecule has 0 spiro atoms. The maximum atomic E-state index is 5.51. The van der Waals surface area contributed by atoms with Gasteiger partial charge in [-0.15, -0.1) is 0 Å². The van der Waals surface area contributed by atoms with Crippen LogP contribution in [-0.2, 0) is 0 Å². The Morgan fingerprint density at radius 3 is 2.62 bits per heavy atom. The third-order valence-corrected chi connectivity index (χ3v) is 2.95. The van der Waals surface area contributed by atoms with E-state index < -0.39 is 0 Å². The van der Waals surface area contributed by atoms with E-state index in [-0.39, 0.29) is 0 Å². The molecular weight excluding hydrogens is 200 g/mol. The Hall–Kier alpha value is -0.280. The van der Waals surface area contributed by atoms with Crippen molar-refractivity contribution < 1.29 is 4.74 Å². The van der Waals surface area contributed by atoms with Crippen LogP contribution in [0.4, 0.5) is 0 Å². The Balaban J connectivity index is 2.07. The fourth-order valence-electron chi connectivity index (χ4n) is 0.902. The van der Waals surface area contributed by atoms with E-state index in [2.05, 4.69) is 12.6 Å². The van der Waals surface area contributed by atoms with Crippen LogP contribution in [0.25, 0.3) is 0 Å². The molecule has 0 aromatic heterocycles. The van der Waals surface area contributed by atoms with E-state index in [9.17, 15) is 0 Å². The van der Waals surface area contributed by atoms with Crippen LogP contribution >= 0.6 is 24.4 Å². The van der Waals surface area contributed by atoms with Gasteiger partial charge in [0.25, 0.3) is 0 Å². The first-order chi connectivity index (χ1) is 6.43. The number of para-hydroxylation sites is 1. The van der Waals surface area contributed by atoms with Gasteiger partial charge in [-0.25, -0.2) is 0 Å². The smallest absolute Gasteiger partial charge is 0.119 e. The molecule has 1 nitrogen and oxygen atoms in total. The van der Waals surface area contributed by atoms with Gasteiger partial charge in [0, 0.05) is 11.5 Å². The van der Waals surface area contributed by atoms with Crippen LogP contribution in [0.1, 0.15) is 0 Å². The van der Waals surface area contributed by atoms with Crippen LogP contribution in [0.5, 0.6) is 5.75 Å². The van der Waals surface area contributed by atoms with E-state index in [0.29, 0.717) is 0 Å². The van der Waals surface area contributed by atoms with Gasteiger partial charge in [-0.1, -0.05) is 18.2 Å². The molecule has 0 unspecified atom stereocenters. The van der Waals surface area contributed by atoms with E-state index >= 15 is 0 Å². The summed E-state index contributed by atoms with van der Waals surface area (Å²) in [5, 5.41) is 0. The van der Waals surface area contributed by atoms with Crippen molar-refractivity contribution in [3.05, 3.63) is 30.3 Å². The van der Waals surface area contributed by atoms with Gasteiger partial charge in [0.15, 0.2) is 0 Å².